The Hall–Kier alpha value is -0.650. The summed E-state index contributed by atoms with van der Waals surface area (Å²) in [6.45, 7) is 10.6. The van der Waals surface area contributed by atoms with Crippen LogP contribution in [0.4, 0.5) is 0 Å². The molecule has 5 nitrogen and oxygen atoms in total. The number of carbonyl (C=O) groups is 1. The van der Waals surface area contributed by atoms with Gasteiger partial charge in [-0.3, -0.25) is 9.69 Å². The van der Waals surface area contributed by atoms with E-state index in [9.17, 15) is 4.79 Å². The van der Waals surface area contributed by atoms with Crippen molar-refractivity contribution in [2.75, 3.05) is 45.9 Å². The highest BCUT2D eigenvalue weighted by Crippen LogP contribution is 2.16. The van der Waals surface area contributed by atoms with Gasteiger partial charge < -0.3 is 15.4 Å². The van der Waals surface area contributed by atoms with Crippen molar-refractivity contribution in [3.63, 3.8) is 0 Å². The molecule has 0 radical (unpaired) electrons. The number of carbonyl (C=O) groups excluding carboxylic acids is 1. The Bertz CT molecular complexity index is 275. The van der Waals surface area contributed by atoms with Crippen molar-refractivity contribution in [2.24, 2.45) is 11.8 Å². The van der Waals surface area contributed by atoms with Gasteiger partial charge in [-0.15, -0.1) is 0 Å². The second-order valence-corrected chi connectivity index (χ2v) is 5.53. The predicted molar refractivity (Wildman–Crippen MR) is 70.4 cm³/mol. The standard InChI is InChI=1S/C13H25N3O2/c1-10(9-16-3-5-18-6-4-16)15-13(17)11(2)12-7-14-8-12/h10-12,14H,3-9H2,1-2H3,(H,15,17). The van der Waals surface area contributed by atoms with Crippen molar-refractivity contribution in [3.05, 3.63) is 0 Å². The average molecular weight is 255 g/mol. The van der Waals surface area contributed by atoms with E-state index in [4.69, 9.17) is 4.74 Å². The number of rotatable bonds is 5. The van der Waals surface area contributed by atoms with Gasteiger partial charge in [-0.2, -0.15) is 0 Å². The Kier molecular flexibility index (Phi) is 4.97. The fourth-order valence-electron chi connectivity index (χ4n) is 2.47. The van der Waals surface area contributed by atoms with Crippen molar-refractivity contribution in [2.45, 2.75) is 19.9 Å². The van der Waals surface area contributed by atoms with E-state index in [-0.39, 0.29) is 17.9 Å². The van der Waals surface area contributed by atoms with Gasteiger partial charge >= 0.3 is 0 Å². The normalized spacial score (nSPS) is 25.2. The molecule has 2 fully saturated rings. The zero-order chi connectivity index (χ0) is 13.0. The Morgan fingerprint density at radius 2 is 2.06 bits per heavy atom. The third kappa shape index (κ3) is 3.67. The largest absolute Gasteiger partial charge is 0.379 e. The fraction of sp³-hybridized carbons (Fsp3) is 0.923. The minimum Gasteiger partial charge on any atom is -0.379 e. The number of hydrogen-bond acceptors (Lipinski definition) is 4. The smallest absolute Gasteiger partial charge is 0.223 e. The van der Waals surface area contributed by atoms with Crippen LogP contribution in [0.3, 0.4) is 0 Å². The van der Waals surface area contributed by atoms with Crippen molar-refractivity contribution in [1.29, 1.82) is 0 Å². The summed E-state index contributed by atoms with van der Waals surface area (Å²) in [6, 6.07) is 0.214. The highest BCUT2D eigenvalue weighted by Gasteiger charge is 2.29. The number of morpholine rings is 1. The number of nitrogens with one attached hydrogen (secondary N) is 2. The van der Waals surface area contributed by atoms with E-state index in [1.807, 2.05) is 6.92 Å². The zero-order valence-electron chi connectivity index (χ0n) is 11.4. The maximum absolute atomic E-state index is 12.0. The lowest BCUT2D eigenvalue weighted by Gasteiger charge is -2.33. The lowest BCUT2D eigenvalue weighted by atomic mass is 9.88. The van der Waals surface area contributed by atoms with Crippen LogP contribution in [0.25, 0.3) is 0 Å². The molecule has 0 aromatic rings. The molecule has 0 aliphatic carbocycles. The molecule has 2 rings (SSSR count). The molecule has 104 valence electrons. The van der Waals surface area contributed by atoms with Crippen molar-refractivity contribution in [3.8, 4) is 0 Å². The molecule has 0 bridgehead atoms. The molecule has 2 N–H and O–H groups in total. The van der Waals surface area contributed by atoms with Crippen molar-refractivity contribution < 1.29 is 9.53 Å². The summed E-state index contributed by atoms with van der Waals surface area (Å²) in [4.78, 5) is 14.4. The summed E-state index contributed by atoms with van der Waals surface area (Å²) < 4.78 is 5.32. The highest BCUT2D eigenvalue weighted by molar-refractivity contribution is 5.79. The van der Waals surface area contributed by atoms with E-state index >= 15 is 0 Å². The van der Waals surface area contributed by atoms with Crippen LogP contribution in [0.15, 0.2) is 0 Å². The first-order valence-electron chi connectivity index (χ1n) is 6.98. The molecular formula is C13H25N3O2. The molecule has 2 saturated heterocycles. The van der Waals surface area contributed by atoms with Crippen LogP contribution < -0.4 is 10.6 Å². The van der Waals surface area contributed by atoms with E-state index in [1.54, 1.807) is 0 Å². The monoisotopic (exact) mass is 255 g/mol. The van der Waals surface area contributed by atoms with Gasteiger partial charge in [0.25, 0.3) is 0 Å². The summed E-state index contributed by atoms with van der Waals surface area (Å²) >= 11 is 0. The van der Waals surface area contributed by atoms with Crippen LogP contribution in [0.1, 0.15) is 13.8 Å². The maximum Gasteiger partial charge on any atom is 0.223 e. The molecule has 2 atom stereocenters. The first kappa shape index (κ1) is 13.8. The molecule has 2 aliphatic heterocycles. The molecular weight excluding hydrogens is 230 g/mol. The van der Waals surface area contributed by atoms with Gasteiger partial charge in [0.05, 0.1) is 13.2 Å². The summed E-state index contributed by atoms with van der Waals surface area (Å²) in [7, 11) is 0. The Balaban J connectivity index is 1.68. The molecule has 0 spiro atoms. The topological polar surface area (TPSA) is 53.6 Å². The van der Waals surface area contributed by atoms with Crippen molar-refractivity contribution in [1.82, 2.24) is 15.5 Å². The van der Waals surface area contributed by atoms with E-state index in [0.29, 0.717) is 5.92 Å². The van der Waals surface area contributed by atoms with E-state index in [1.165, 1.54) is 0 Å². The molecule has 5 heteroatoms. The molecule has 18 heavy (non-hydrogen) atoms. The lowest BCUT2D eigenvalue weighted by Crippen LogP contribution is -2.52. The SMILES string of the molecule is CC(CN1CCOCC1)NC(=O)C(C)C1CNC1. The summed E-state index contributed by atoms with van der Waals surface area (Å²) in [5, 5.41) is 6.34. The predicted octanol–water partition coefficient (Wildman–Crippen LogP) is -0.321. The van der Waals surface area contributed by atoms with Crippen LogP contribution in [0, 0.1) is 11.8 Å². The molecule has 0 saturated carbocycles. The quantitative estimate of drug-likeness (QED) is 0.707. The number of amides is 1. The number of nitrogens with zero attached hydrogens (tertiary/aromatic N) is 1. The summed E-state index contributed by atoms with van der Waals surface area (Å²) in [6.07, 6.45) is 0. The van der Waals surface area contributed by atoms with E-state index in [2.05, 4.69) is 22.5 Å². The maximum atomic E-state index is 12.0. The van der Waals surface area contributed by atoms with Crippen LogP contribution in [-0.2, 0) is 9.53 Å². The van der Waals surface area contributed by atoms with E-state index in [0.717, 1.165) is 45.9 Å². The fourth-order valence-corrected chi connectivity index (χ4v) is 2.47. The van der Waals surface area contributed by atoms with Gasteiger partial charge in [0.2, 0.25) is 5.91 Å². The Labute approximate surface area is 109 Å². The summed E-state index contributed by atoms with van der Waals surface area (Å²) in [5.41, 5.74) is 0. The molecule has 0 aromatic heterocycles. The summed E-state index contributed by atoms with van der Waals surface area (Å²) in [5.74, 6) is 0.834. The van der Waals surface area contributed by atoms with Crippen LogP contribution >= 0.6 is 0 Å². The Morgan fingerprint density at radius 1 is 1.39 bits per heavy atom. The van der Waals surface area contributed by atoms with Gasteiger partial charge in [-0.25, -0.2) is 0 Å². The third-order valence-electron chi connectivity index (χ3n) is 3.96. The lowest BCUT2D eigenvalue weighted by molar-refractivity contribution is -0.127. The first-order chi connectivity index (χ1) is 8.66. The molecule has 2 unspecified atom stereocenters. The van der Waals surface area contributed by atoms with Crippen LogP contribution in [0.5, 0.6) is 0 Å². The van der Waals surface area contributed by atoms with Crippen molar-refractivity contribution >= 4 is 5.91 Å². The molecule has 0 aromatic carbocycles. The van der Waals surface area contributed by atoms with E-state index < -0.39 is 0 Å². The minimum atomic E-state index is 0.124. The van der Waals surface area contributed by atoms with Gasteiger partial charge in [-0.05, 0) is 25.9 Å². The molecule has 1 amide bonds. The van der Waals surface area contributed by atoms with Crippen LogP contribution in [-0.4, -0.2) is 62.8 Å². The number of ether oxygens (including phenoxy) is 1. The zero-order valence-corrected chi connectivity index (χ0v) is 11.4. The first-order valence-corrected chi connectivity index (χ1v) is 6.98. The molecule has 2 heterocycles. The second-order valence-electron chi connectivity index (χ2n) is 5.53. The van der Waals surface area contributed by atoms with Gasteiger partial charge in [0.15, 0.2) is 0 Å². The highest BCUT2D eigenvalue weighted by atomic mass is 16.5. The van der Waals surface area contributed by atoms with Gasteiger partial charge in [-0.1, -0.05) is 6.92 Å². The van der Waals surface area contributed by atoms with Gasteiger partial charge in [0, 0.05) is 31.6 Å². The van der Waals surface area contributed by atoms with Crippen LogP contribution in [0.2, 0.25) is 0 Å². The average Bonchev–Trinajstić information content (AvgIpc) is 2.27. The molecule has 2 aliphatic rings. The number of hydrogen-bond donors (Lipinski definition) is 2. The second kappa shape index (κ2) is 6.50. The third-order valence-corrected chi connectivity index (χ3v) is 3.96. The Morgan fingerprint density at radius 3 is 2.61 bits per heavy atom. The van der Waals surface area contributed by atoms with Gasteiger partial charge in [0.1, 0.15) is 0 Å². The minimum absolute atomic E-state index is 0.124.